The van der Waals surface area contributed by atoms with Crippen molar-refractivity contribution in [2.45, 2.75) is 38.3 Å². The lowest BCUT2D eigenvalue weighted by Crippen LogP contribution is -2.39. The molecule has 2 aliphatic rings. The highest BCUT2D eigenvalue weighted by Gasteiger charge is 2.36. The highest BCUT2D eigenvalue weighted by atomic mass is 16.2. The van der Waals surface area contributed by atoms with E-state index < -0.39 is 0 Å². The maximum Gasteiger partial charge on any atom is 0.253 e. The average molecular weight is 335 g/mol. The van der Waals surface area contributed by atoms with Gasteiger partial charge in [-0.1, -0.05) is 12.1 Å². The lowest BCUT2D eigenvalue weighted by Gasteiger charge is -2.26. The quantitative estimate of drug-likeness (QED) is 0.844. The molecular weight excluding hydrogens is 310 g/mol. The van der Waals surface area contributed by atoms with E-state index in [-0.39, 0.29) is 5.91 Å². The Balaban J connectivity index is 1.59. The number of benzene rings is 1. The van der Waals surface area contributed by atoms with Crippen molar-refractivity contribution < 1.29 is 4.79 Å². The Bertz CT molecular complexity index is 788. The molecule has 2 saturated heterocycles. The highest BCUT2D eigenvalue weighted by molar-refractivity contribution is 5.95. The van der Waals surface area contributed by atoms with Crippen LogP contribution in [0.15, 0.2) is 42.7 Å². The standard InChI is InChI=1S/C21H25N3O/c1-15-13-22-10-8-20(15)16-4-3-5-17(12-16)21(25)24-11-9-18-6-7-19(14-24)23(18)2/h3-5,8,10,12-13,18-19H,6-7,9,11,14H2,1-2H3/t18-,19+/m0/s1. The van der Waals surface area contributed by atoms with E-state index >= 15 is 0 Å². The number of aromatic nitrogens is 1. The summed E-state index contributed by atoms with van der Waals surface area (Å²) in [5.74, 6) is 0.162. The first kappa shape index (κ1) is 16.3. The van der Waals surface area contributed by atoms with E-state index in [9.17, 15) is 4.79 Å². The van der Waals surface area contributed by atoms with E-state index in [2.05, 4.69) is 34.8 Å². The molecule has 0 aliphatic carbocycles. The van der Waals surface area contributed by atoms with Crippen LogP contribution in [0.1, 0.15) is 35.2 Å². The van der Waals surface area contributed by atoms with Gasteiger partial charge >= 0.3 is 0 Å². The van der Waals surface area contributed by atoms with Gasteiger partial charge in [0, 0.05) is 43.1 Å². The van der Waals surface area contributed by atoms with Gasteiger partial charge in [-0.2, -0.15) is 0 Å². The fraction of sp³-hybridized carbons (Fsp3) is 0.429. The van der Waals surface area contributed by atoms with Crippen LogP contribution in [0, 0.1) is 6.92 Å². The molecule has 1 amide bonds. The number of nitrogens with zero attached hydrogens (tertiary/aromatic N) is 3. The normalized spacial score (nSPS) is 23.5. The van der Waals surface area contributed by atoms with Crippen molar-refractivity contribution in [2.24, 2.45) is 0 Å². The van der Waals surface area contributed by atoms with Crippen LogP contribution in [0.4, 0.5) is 0 Å². The van der Waals surface area contributed by atoms with Crippen molar-refractivity contribution >= 4 is 5.91 Å². The van der Waals surface area contributed by atoms with Crippen molar-refractivity contribution in [3.63, 3.8) is 0 Å². The first-order valence-electron chi connectivity index (χ1n) is 9.16. The molecule has 3 heterocycles. The molecule has 2 aliphatic heterocycles. The number of fused-ring (bicyclic) bond motifs is 2. The van der Waals surface area contributed by atoms with Gasteiger partial charge in [-0.25, -0.2) is 0 Å². The lowest BCUT2D eigenvalue weighted by atomic mass is 10.00. The Hall–Kier alpha value is -2.20. The molecule has 0 saturated carbocycles. The van der Waals surface area contributed by atoms with Crippen LogP contribution >= 0.6 is 0 Å². The van der Waals surface area contributed by atoms with Gasteiger partial charge in [0.05, 0.1) is 0 Å². The first-order valence-corrected chi connectivity index (χ1v) is 9.16. The van der Waals surface area contributed by atoms with Crippen molar-refractivity contribution in [1.29, 1.82) is 0 Å². The fourth-order valence-electron chi connectivity index (χ4n) is 4.29. The van der Waals surface area contributed by atoms with Crippen LogP contribution < -0.4 is 0 Å². The molecular formula is C21H25N3O. The number of hydrogen-bond donors (Lipinski definition) is 0. The number of pyridine rings is 1. The number of carbonyl (C=O) groups excluding carboxylic acids is 1. The zero-order valence-electron chi connectivity index (χ0n) is 15.0. The first-order chi connectivity index (χ1) is 12.1. The summed E-state index contributed by atoms with van der Waals surface area (Å²) < 4.78 is 0. The Morgan fingerprint density at radius 1 is 1.16 bits per heavy atom. The molecule has 1 aromatic carbocycles. The van der Waals surface area contributed by atoms with Gasteiger partial charge in [-0.15, -0.1) is 0 Å². The summed E-state index contributed by atoms with van der Waals surface area (Å²) >= 11 is 0. The second-order valence-corrected chi connectivity index (χ2v) is 7.36. The molecule has 4 heteroatoms. The Kier molecular flexibility index (Phi) is 4.30. The van der Waals surface area contributed by atoms with E-state index in [0.717, 1.165) is 41.8 Å². The van der Waals surface area contributed by atoms with Crippen molar-refractivity contribution in [3.8, 4) is 11.1 Å². The Morgan fingerprint density at radius 3 is 2.84 bits per heavy atom. The molecule has 2 aromatic rings. The van der Waals surface area contributed by atoms with Crippen LogP contribution in [0.25, 0.3) is 11.1 Å². The predicted molar refractivity (Wildman–Crippen MR) is 99.5 cm³/mol. The average Bonchev–Trinajstić information content (AvgIpc) is 2.87. The van der Waals surface area contributed by atoms with E-state index in [1.807, 2.05) is 30.5 Å². The molecule has 4 nitrogen and oxygen atoms in total. The topological polar surface area (TPSA) is 36.4 Å². The highest BCUT2D eigenvalue weighted by Crippen LogP contribution is 2.29. The van der Waals surface area contributed by atoms with E-state index in [4.69, 9.17) is 0 Å². The molecule has 130 valence electrons. The number of likely N-dealkylation sites (tertiary alicyclic amines) is 1. The van der Waals surface area contributed by atoms with Crippen LogP contribution in [0.5, 0.6) is 0 Å². The molecule has 0 unspecified atom stereocenters. The summed E-state index contributed by atoms with van der Waals surface area (Å²) in [5, 5.41) is 0. The summed E-state index contributed by atoms with van der Waals surface area (Å²) in [6.45, 7) is 3.77. The lowest BCUT2D eigenvalue weighted by molar-refractivity contribution is 0.0740. The summed E-state index contributed by atoms with van der Waals surface area (Å²) in [6.07, 6.45) is 7.24. The number of amides is 1. The van der Waals surface area contributed by atoms with Crippen LogP contribution in [-0.4, -0.2) is 52.9 Å². The SMILES string of the molecule is Cc1cnccc1-c1cccc(C(=O)N2CC[C@@H]3CC[C@H](C2)N3C)c1. The molecule has 2 atom stereocenters. The number of aryl methyl sites for hydroxylation is 1. The number of hydrogen-bond acceptors (Lipinski definition) is 3. The van der Waals surface area contributed by atoms with Gasteiger partial charge in [0.1, 0.15) is 0 Å². The van der Waals surface area contributed by atoms with E-state index in [1.165, 1.54) is 12.8 Å². The third-order valence-electron chi connectivity index (χ3n) is 5.88. The van der Waals surface area contributed by atoms with Gasteiger partial charge in [-0.05, 0) is 68.1 Å². The van der Waals surface area contributed by atoms with Crippen molar-refractivity contribution in [2.75, 3.05) is 20.1 Å². The predicted octanol–water partition coefficient (Wildman–Crippen LogP) is 3.37. The maximum absolute atomic E-state index is 13.1. The second kappa shape index (κ2) is 6.60. The summed E-state index contributed by atoms with van der Waals surface area (Å²) in [4.78, 5) is 21.8. The molecule has 2 bridgehead atoms. The minimum atomic E-state index is 0.162. The van der Waals surface area contributed by atoms with Crippen molar-refractivity contribution in [3.05, 3.63) is 53.9 Å². The number of carbonyl (C=O) groups is 1. The van der Waals surface area contributed by atoms with Gasteiger partial charge in [0.15, 0.2) is 0 Å². The zero-order valence-corrected chi connectivity index (χ0v) is 15.0. The monoisotopic (exact) mass is 335 g/mol. The van der Waals surface area contributed by atoms with E-state index in [1.54, 1.807) is 6.20 Å². The van der Waals surface area contributed by atoms with Crippen LogP contribution in [0.2, 0.25) is 0 Å². The molecule has 25 heavy (non-hydrogen) atoms. The number of likely N-dealkylation sites (N-methyl/N-ethyl adjacent to an activating group) is 1. The summed E-state index contributed by atoms with van der Waals surface area (Å²) in [7, 11) is 2.21. The van der Waals surface area contributed by atoms with Crippen LogP contribution in [-0.2, 0) is 0 Å². The molecule has 0 N–H and O–H groups in total. The molecule has 0 spiro atoms. The zero-order chi connectivity index (χ0) is 17.4. The molecule has 2 fully saturated rings. The Morgan fingerprint density at radius 2 is 2.00 bits per heavy atom. The third-order valence-corrected chi connectivity index (χ3v) is 5.88. The molecule has 0 radical (unpaired) electrons. The molecule has 1 aromatic heterocycles. The minimum absolute atomic E-state index is 0.162. The fourth-order valence-corrected chi connectivity index (χ4v) is 4.29. The summed E-state index contributed by atoms with van der Waals surface area (Å²) in [5.41, 5.74) is 4.13. The van der Waals surface area contributed by atoms with Gasteiger partial charge in [-0.3, -0.25) is 14.7 Å². The second-order valence-electron chi connectivity index (χ2n) is 7.36. The smallest absolute Gasteiger partial charge is 0.253 e. The molecule has 4 rings (SSSR count). The number of rotatable bonds is 2. The van der Waals surface area contributed by atoms with Crippen molar-refractivity contribution in [1.82, 2.24) is 14.8 Å². The summed E-state index contributed by atoms with van der Waals surface area (Å²) in [6, 6.07) is 11.2. The Labute approximate surface area is 149 Å². The van der Waals surface area contributed by atoms with Gasteiger partial charge < -0.3 is 4.90 Å². The van der Waals surface area contributed by atoms with E-state index in [0.29, 0.717) is 12.1 Å². The largest absolute Gasteiger partial charge is 0.337 e. The van der Waals surface area contributed by atoms with Crippen LogP contribution in [0.3, 0.4) is 0 Å². The van der Waals surface area contributed by atoms with Gasteiger partial charge in [0.25, 0.3) is 5.91 Å². The third kappa shape index (κ3) is 3.07. The maximum atomic E-state index is 13.1. The minimum Gasteiger partial charge on any atom is -0.337 e. The van der Waals surface area contributed by atoms with Gasteiger partial charge in [0.2, 0.25) is 0 Å².